The van der Waals surface area contributed by atoms with Gasteiger partial charge in [0.15, 0.2) is 0 Å². The Morgan fingerprint density at radius 3 is 2.75 bits per heavy atom. The molecule has 0 aliphatic rings. The van der Waals surface area contributed by atoms with Crippen molar-refractivity contribution in [2.24, 2.45) is 0 Å². The number of nitrogens with one attached hydrogen (secondary N) is 1. The maximum absolute atomic E-state index is 3.55. The predicted octanol–water partition coefficient (Wildman–Crippen LogP) is 3.87. The molecule has 0 bridgehead atoms. The molecule has 0 heterocycles. The first-order chi connectivity index (χ1) is 7.76. The fourth-order valence-electron chi connectivity index (χ4n) is 1.78. The molecule has 0 radical (unpaired) electrons. The van der Waals surface area contributed by atoms with E-state index in [1.165, 1.54) is 29.1 Å². The molecule has 2 heteroatoms. The summed E-state index contributed by atoms with van der Waals surface area (Å²) in [5.74, 6) is 1.17. The predicted molar refractivity (Wildman–Crippen MR) is 74.3 cm³/mol. The van der Waals surface area contributed by atoms with Crippen molar-refractivity contribution < 1.29 is 0 Å². The van der Waals surface area contributed by atoms with Gasteiger partial charge in [-0.25, -0.2) is 0 Å². The Bertz CT molecular complexity index is 293. The minimum absolute atomic E-state index is 0.653. The molecule has 1 aromatic carbocycles. The van der Waals surface area contributed by atoms with Crippen LogP contribution >= 0.6 is 11.8 Å². The van der Waals surface area contributed by atoms with Crippen LogP contribution < -0.4 is 5.32 Å². The maximum Gasteiger partial charge on any atom is 0.0161 e. The molecule has 1 atom stereocenters. The van der Waals surface area contributed by atoms with Crippen molar-refractivity contribution in [2.45, 2.75) is 44.6 Å². The summed E-state index contributed by atoms with van der Waals surface area (Å²) in [5.41, 5.74) is 1.35. The first-order valence-electron chi connectivity index (χ1n) is 6.19. The second-order valence-electron chi connectivity index (χ2n) is 4.17. The summed E-state index contributed by atoms with van der Waals surface area (Å²) in [4.78, 5) is 1.39. The molecule has 90 valence electrons. The third kappa shape index (κ3) is 5.04. The zero-order valence-corrected chi connectivity index (χ0v) is 11.4. The van der Waals surface area contributed by atoms with Crippen LogP contribution in [0.3, 0.4) is 0 Å². The summed E-state index contributed by atoms with van der Waals surface area (Å²) in [6, 6.07) is 9.41. The molecule has 0 saturated carbocycles. The molecule has 1 nitrogen and oxygen atoms in total. The van der Waals surface area contributed by atoms with Crippen molar-refractivity contribution in [1.29, 1.82) is 0 Å². The Kier molecular flexibility index (Phi) is 6.58. The first kappa shape index (κ1) is 13.6. The Balaban J connectivity index is 2.41. The number of aryl methyl sites for hydroxylation is 1. The van der Waals surface area contributed by atoms with Crippen LogP contribution in [-0.2, 0) is 0 Å². The zero-order chi connectivity index (χ0) is 11.8. The highest BCUT2D eigenvalue weighted by Gasteiger charge is 2.06. The molecular formula is C14H23NS. The van der Waals surface area contributed by atoms with Crippen molar-refractivity contribution in [2.75, 3.05) is 12.3 Å². The zero-order valence-electron chi connectivity index (χ0n) is 10.6. The van der Waals surface area contributed by atoms with Gasteiger partial charge in [-0.1, -0.05) is 38.0 Å². The highest BCUT2D eigenvalue weighted by atomic mass is 32.2. The third-order valence-electron chi connectivity index (χ3n) is 2.57. The number of benzene rings is 1. The Morgan fingerprint density at radius 2 is 2.12 bits per heavy atom. The lowest BCUT2D eigenvalue weighted by atomic mass is 10.2. The summed E-state index contributed by atoms with van der Waals surface area (Å²) >= 11 is 1.96. The smallest absolute Gasteiger partial charge is 0.0161 e. The largest absolute Gasteiger partial charge is 0.313 e. The summed E-state index contributed by atoms with van der Waals surface area (Å²) in [5, 5.41) is 3.55. The molecule has 0 amide bonds. The molecule has 1 aromatic rings. The lowest BCUT2D eigenvalue weighted by Crippen LogP contribution is -2.30. The number of hydrogen-bond donors (Lipinski definition) is 1. The van der Waals surface area contributed by atoms with Crippen molar-refractivity contribution in [3.05, 3.63) is 29.8 Å². The van der Waals surface area contributed by atoms with Crippen LogP contribution in [0.2, 0.25) is 0 Å². The van der Waals surface area contributed by atoms with Gasteiger partial charge in [-0.05, 0) is 32.0 Å². The van der Waals surface area contributed by atoms with Gasteiger partial charge in [-0.2, -0.15) is 0 Å². The summed E-state index contributed by atoms with van der Waals surface area (Å²) in [6.07, 6.45) is 2.53. The van der Waals surface area contributed by atoms with Gasteiger partial charge < -0.3 is 5.32 Å². The molecule has 0 aliphatic carbocycles. The van der Waals surface area contributed by atoms with E-state index < -0.39 is 0 Å². The molecule has 0 spiro atoms. The van der Waals surface area contributed by atoms with Crippen LogP contribution in [0.25, 0.3) is 0 Å². The topological polar surface area (TPSA) is 12.0 Å². The van der Waals surface area contributed by atoms with Crippen molar-refractivity contribution in [1.82, 2.24) is 5.32 Å². The fourth-order valence-corrected chi connectivity index (χ4v) is 2.91. The standard InChI is InChI=1S/C14H23NS/c1-4-7-13(15-5-2)11-16-14-9-6-8-12(3)10-14/h6,8-10,13,15H,4-5,7,11H2,1-3H3. The number of rotatable bonds is 7. The molecule has 1 rings (SSSR count). The van der Waals surface area contributed by atoms with Crippen LogP contribution in [0.15, 0.2) is 29.2 Å². The van der Waals surface area contributed by atoms with Gasteiger partial charge in [0.05, 0.1) is 0 Å². The minimum Gasteiger partial charge on any atom is -0.313 e. The Labute approximate surface area is 104 Å². The SMILES string of the molecule is CCCC(CSc1cccc(C)c1)NCC. The van der Waals surface area contributed by atoms with Crippen molar-refractivity contribution >= 4 is 11.8 Å². The maximum atomic E-state index is 3.55. The molecule has 0 aliphatic heterocycles. The first-order valence-corrected chi connectivity index (χ1v) is 7.17. The number of thioether (sulfide) groups is 1. The van der Waals surface area contributed by atoms with E-state index in [0.717, 1.165) is 6.54 Å². The fraction of sp³-hybridized carbons (Fsp3) is 0.571. The van der Waals surface area contributed by atoms with E-state index in [1.54, 1.807) is 0 Å². The monoisotopic (exact) mass is 237 g/mol. The lowest BCUT2D eigenvalue weighted by molar-refractivity contribution is 0.531. The van der Waals surface area contributed by atoms with Gasteiger partial charge in [0.1, 0.15) is 0 Å². The van der Waals surface area contributed by atoms with E-state index in [1.807, 2.05) is 11.8 Å². The van der Waals surface area contributed by atoms with Gasteiger partial charge in [0.25, 0.3) is 0 Å². The molecule has 0 aromatic heterocycles. The van der Waals surface area contributed by atoms with E-state index in [9.17, 15) is 0 Å². The van der Waals surface area contributed by atoms with E-state index in [-0.39, 0.29) is 0 Å². The normalized spacial score (nSPS) is 12.7. The van der Waals surface area contributed by atoms with Crippen LogP contribution in [0.1, 0.15) is 32.3 Å². The quantitative estimate of drug-likeness (QED) is 0.723. The van der Waals surface area contributed by atoms with E-state index in [0.29, 0.717) is 6.04 Å². The van der Waals surface area contributed by atoms with E-state index >= 15 is 0 Å². The van der Waals surface area contributed by atoms with E-state index in [2.05, 4.69) is 50.4 Å². The summed E-state index contributed by atoms with van der Waals surface area (Å²) in [7, 11) is 0. The average Bonchev–Trinajstić information content (AvgIpc) is 2.27. The summed E-state index contributed by atoms with van der Waals surface area (Å²) < 4.78 is 0. The minimum atomic E-state index is 0.653. The van der Waals surface area contributed by atoms with Gasteiger partial charge in [-0.15, -0.1) is 11.8 Å². The summed E-state index contributed by atoms with van der Waals surface area (Å²) in [6.45, 7) is 7.65. The van der Waals surface area contributed by atoms with Crippen molar-refractivity contribution in [3.63, 3.8) is 0 Å². The van der Waals surface area contributed by atoms with E-state index in [4.69, 9.17) is 0 Å². The van der Waals surface area contributed by atoms with Crippen LogP contribution in [-0.4, -0.2) is 18.3 Å². The highest BCUT2D eigenvalue weighted by molar-refractivity contribution is 7.99. The number of hydrogen-bond acceptors (Lipinski definition) is 2. The highest BCUT2D eigenvalue weighted by Crippen LogP contribution is 2.20. The Hall–Kier alpha value is -0.470. The molecule has 0 saturated heterocycles. The van der Waals surface area contributed by atoms with Gasteiger partial charge in [-0.3, -0.25) is 0 Å². The van der Waals surface area contributed by atoms with Crippen LogP contribution in [0.4, 0.5) is 0 Å². The second-order valence-corrected chi connectivity index (χ2v) is 5.26. The lowest BCUT2D eigenvalue weighted by Gasteiger charge is -2.16. The van der Waals surface area contributed by atoms with Crippen LogP contribution in [0.5, 0.6) is 0 Å². The average molecular weight is 237 g/mol. The van der Waals surface area contributed by atoms with Gasteiger partial charge >= 0.3 is 0 Å². The van der Waals surface area contributed by atoms with Crippen molar-refractivity contribution in [3.8, 4) is 0 Å². The Morgan fingerprint density at radius 1 is 1.31 bits per heavy atom. The molecule has 16 heavy (non-hydrogen) atoms. The second kappa shape index (κ2) is 7.75. The van der Waals surface area contributed by atoms with Gasteiger partial charge in [0.2, 0.25) is 0 Å². The molecular weight excluding hydrogens is 214 g/mol. The molecule has 0 fully saturated rings. The van der Waals surface area contributed by atoms with Crippen LogP contribution in [0, 0.1) is 6.92 Å². The molecule has 1 N–H and O–H groups in total. The molecule has 1 unspecified atom stereocenters. The third-order valence-corrected chi connectivity index (χ3v) is 3.73. The van der Waals surface area contributed by atoms with Gasteiger partial charge in [0, 0.05) is 16.7 Å².